The third kappa shape index (κ3) is 3.31. The van der Waals surface area contributed by atoms with Crippen LogP contribution in [-0.2, 0) is 0 Å². The smallest absolute Gasteiger partial charge is 0.163 e. The van der Waals surface area contributed by atoms with Crippen molar-refractivity contribution >= 4 is 21.7 Å². The SMILES string of the molecule is C=C(C)CCC(=O)c1cc(C)c(Br)c(C)c1. The Hall–Kier alpha value is -0.890. The first kappa shape index (κ1) is 13.2. The summed E-state index contributed by atoms with van der Waals surface area (Å²) >= 11 is 3.50. The van der Waals surface area contributed by atoms with Crippen molar-refractivity contribution in [2.75, 3.05) is 0 Å². The number of hydrogen-bond acceptors (Lipinski definition) is 1. The fourth-order valence-corrected chi connectivity index (χ4v) is 1.81. The van der Waals surface area contributed by atoms with Crippen molar-refractivity contribution in [3.05, 3.63) is 45.4 Å². The molecule has 0 bridgehead atoms. The summed E-state index contributed by atoms with van der Waals surface area (Å²) in [6, 6.07) is 3.88. The summed E-state index contributed by atoms with van der Waals surface area (Å²) in [5.74, 6) is 0.196. The monoisotopic (exact) mass is 280 g/mol. The lowest BCUT2D eigenvalue weighted by atomic mass is 10.0. The molecule has 2 heteroatoms. The Bertz CT molecular complexity index is 409. The average molecular weight is 281 g/mol. The lowest BCUT2D eigenvalue weighted by Crippen LogP contribution is -2.01. The van der Waals surface area contributed by atoms with Crippen molar-refractivity contribution in [2.24, 2.45) is 0 Å². The molecular weight excluding hydrogens is 264 g/mol. The minimum atomic E-state index is 0.196. The summed E-state index contributed by atoms with van der Waals surface area (Å²) in [7, 11) is 0. The molecule has 86 valence electrons. The van der Waals surface area contributed by atoms with Gasteiger partial charge in [0.2, 0.25) is 0 Å². The summed E-state index contributed by atoms with van der Waals surface area (Å²) in [6.45, 7) is 9.77. The quantitative estimate of drug-likeness (QED) is 0.582. The van der Waals surface area contributed by atoms with E-state index >= 15 is 0 Å². The summed E-state index contributed by atoms with van der Waals surface area (Å²) in [4.78, 5) is 11.9. The van der Waals surface area contributed by atoms with Crippen LogP contribution in [0.15, 0.2) is 28.8 Å². The minimum absolute atomic E-state index is 0.196. The molecule has 0 saturated heterocycles. The molecule has 0 atom stereocenters. The Morgan fingerprint density at radius 3 is 2.19 bits per heavy atom. The third-order valence-corrected chi connectivity index (χ3v) is 3.79. The highest BCUT2D eigenvalue weighted by atomic mass is 79.9. The summed E-state index contributed by atoms with van der Waals surface area (Å²) < 4.78 is 1.09. The molecule has 0 aliphatic heterocycles. The number of ketones is 1. The van der Waals surface area contributed by atoms with Gasteiger partial charge in [-0.3, -0.25) is 4.79 Å². The molecule has 0 fully saturated rings. The number of allylic oxidation sites excluding steroid dienone is 1. The zero-order chi connectivity index (χ0) is 12.3. The predicted molar refractivity (Wildman–Crippen MR) is 72.0 cm³/mol. The van der Waals surface area contributed by atoms with E-state index in [4.69, 9.17) is 0 Å². The molecule has 0 heterocycles. The Morgan fingerprint density at radius 1 is 1.25 bits per heavy atom. The van der Waals surface area contributed by atoms with E-state index in [9.17, 15) is 4.79 Å². The van der Waals surface area contributed by atoms with Gasteiger partial charge < -0.3 is 0 Å². The molecule has 0 unspecified atom stereocenters. The molecule has 16 heavy (non-hydrogen) atoms. The fraction of sp³-hybridized carbons (Fsp3) is 0.357. The third-order valence-electron chi connectivity index (χ3n) is 2.54. The Labute approximate surface area is 106 Å². The minimum Gasteiger partial charge on any atom is -0.294 e. The van der Waals surface area contributed by atoms with Crippen LogP contribution < -0.4 is 0 Å². The van der Waals surface area contributed by atoms with Crippen molar-refractivity contribution in [2.45, 2.75) is 33.6 Å². The van der Waals surface area contributed by atoms with Crippen LogP contribution in [0.25, 0.3) is 0 Å². The van der Waals surface area contributed by atoms with Crippen LogP contribution in [0, 0.1) is 13.8 Å². The molecular formula is C14H17BrO. The summed E-state index contributed by atoms with van der Waals surface area (Å²) in [5.41, 5.74) is 4.08. The van der Waals surface area contributed by atoms with Crippen molar-refractivity contribution in [3.63, 3.8) is 0 Å². The van der Waals surface area contributed by atoms with Crippen LogP contribution in [0.4, 0.5) is 0 Å². The number of carbonyl (C=O) groups is 1. The highest BCUT2D eigenvalue weighted by Gasteiger charge is 2.09. The second-order valence-corrected chi connectivity index (χ2v) is 5.10. The first-order valence-corrected chi connectivity index (χ1v) is 6.15. The fourth-order valence-electron chi connectivity index (χ4n) is 1.58. The van der Waals surface area contributed by atoms with Gasteiger partial charge in [-0.15, -0.1) is 6.58 Å². The van der Waals surface area contributed by atoms with Crippen molar-refractivity contribution in [3.8, 4) is 0 Å². The Morgan fingerprint density at radius 2 is 1.75 bits per heavy atom. The molecule has 1 rings (SSSR count). The van der Waals surface area contributed by atoms with Gasteiger partial charge in [-0.2, -0.15) is 0 Å². The normalized spacial score (nSPS) is 10.2. The largest absolute Gasteiger partial charge is 0.294 e. The molecule has 0 amide bonds. The highest BCUT2D eigenvalue weighted by Crippen LogP contribution is 2.23. The number of halogens is 1. The van der Waals surface area contributed by atoms with Gasteiger partial charge >= 0.3 is 0 Å². The van der Waals surface area contributed by atoms with Crippen LogP contribution in [0.1, 0.15) is 41.3 Å². The molecule has 1 nitrogen and oxygen atoms in total. The predicted octanol–water partition coefficient (Wildman–Crippen LogP) is 4.60. The van der Waals surface area contributed by atoms with Gasteiger partial charge in [0, 0.05) is 16.5 Å². The van der Waals surface area contributed by atoms with Crippen molar-refractivity contribution in [1.82, 2.24) is 0 Å². The second-order valence-electron chi connectivity index (χ2n) is 4.30. The number of aryl methyl sites for hydroxylation is 2. The van der Waals surface area contributed by atoms with Crippen LogP contribution in [0.3, 0.4) is 0 Å². The van der Waals surface area contributed by atoms with Crippen LogP contribution in [-0.4, -0.2) is 5.78 Å². The van der Waals surface area contributed by atoms with Crippen molar-refractivity contribution < 1.29 is 4.79 Å². The first-order valence-electron chi connectivity index (χ1n) is 5.36. The van der Waals surface area contributed by atoms with Crippen LogP contribution in [0.5, 0.6) is 0 Å². The van der Waals surface area contributed by atoms with E-state index in [2.05, 4.69) is 22.5 Å². The van der Waals surface area contributed by atoms with Gasteiger partial charge in [0.05, 0.1) is 0 Å². The van der Waals surface area contributed by atoms with E-state index in [0.717, 1.165) is 33.2 Å². The van der Waals surface area contributed by atoms with E-state index in [1.165, 1.54) is 0 Å². The maximum absolute atomic E-state index is 11.9. The summed E-state index contributed by atoms with van der Waals surface area (Å²) in [6.07, 6.45) is 1.32. The molecule has 1 aromatic carbocycles. The van der Waals surface area contributed by atoms with Crippen LogP contribution in [0.2, 0.25) is 0 Å². The average Bonchev–Trinajstić information content (AvgIpc) is 2.21. The maximum atomic E-state index is 11.9. The Balaban J connectivity index is 2.88. The number of Topliss-reactive ketones (excluding diaryl/α,β-unsaturated/α-hetero) is 1. The van der Waals surface area contributed by atoms with Gasteiger partial charge in [0.15, 0.2) is 5.78 Å². The lowest BCUT2D eigenvalue weighted by molar-refractivity contribution is 0.0982. The maximum Gasteiger partial charge on any atom is 0.163 e. The van der Waals surface area contributed by atoms with Gasteiger partial charge in [-0.1, -0.05) is 21.5 Å². The number of benzene rings is 1. The standard InChI is InChI=1S/C14H17BrO/c1-9(2)5-6-13(16)12-7-10(3)14(15)11(4)8-12/h7-8H,1,5-6H2,2-4H3. The van der Waals surface area contributed by atoms with Gasteiger partial charge in [-0.05, 0) is 50.5 Å². The zero-order valence-electron chi connectivity index (χ0n) is 10.1. The van der Waals surface area contributed by atoms with Crippen molar-refractivity contribution in [1.29, 1.82) is 0 Å². The van der Waals surface area contributed by atoms with Gasteiger partial charge in [-0.25, -0.2) is 0 Å². The van der Waals surface area contributed by atoms with E-state index < -0.39 is 0 Å². The van der Waals surface area contributed by atoms with E-state index in [-0.39, 0.29) is 5.78 Å². The zero-order valence-corrected chi connectivity index (χ0v) is 11.6. The molecule has 0 aliphatic rings. The number of hydrogen-bond donors (Lipinski definition) is 0. The molecule has 0 aromatic heterocycles. The number of rotatable bonds is 4. The molecule has 0 aliphatic carbocycles. The van der Waals surface area contributed by atoms with E-state index in [1.807, 2.05) is 32.9 Å². The number of carbonyl (C=O) groups excluding carboxylic acids is 1. The van der Waals surface area contributed by atoms with Crippen LogP contribution >= 0.6 is 15.9 Å². The molecule has 0 radical (unpaired) electrons. The highest BCUT2D eigenvalue weighted by molar-refractivity contribution is 9.10. The summed E-state index contributed by atoms with van der Waals surface area (Å²) in [5, 5.41) is 0. The van der Waals surface area contributed by atoms with E-state index in [0.29, 0.717) is 6.42 Å². The first-order chi connectivity index (χ1) is 7.41. The van der Waals surface area contributed by atoms with E-state index in [1.54, 1.807) is 0 Å². The van der Waals surface area contributed by atoms with Gasteiger partial charge in [0.1, 0.15) is 0 Å². The topological polar surface area (TPSA) is 17.1 Å². The second kappa shape index (κ2) is 5.44. The molecule has 0 saturated carbocycles. The molecule has 0 N–H and O–H groups in total. The lowest BCUT2D eigenvalue weighted by Gasteiger charge is -2.07. The molecule has 0 spiro atoms. The Kier molecular flexibility index (Phi) is 4.48. The van der Waals surface area contributed by atoms with Gasteiger partial charge in [0.25, 0.3) is 0 Å². The molecule has 1 aromatic rings.